The molecule has 0 radical (unpaired) electrons. The number of sulfonamides is 1. The number of pyridine rings is 1. The number of amides is 2. The van der Waals surface area contributed by atoms with Crippen LogP contribution in [0.5, 0.6) is 0 Å². The second kappa shape index (κ2) is 6.86. The van der Waals surface area contributed by atoms with E-state index >= 15 is 0 Å². The molecule has 0 saturated heterocycles. The van der Waals surface area contributed by atoms with Crippen LogP contribution in [0.4, 0.5) is 4.79 Å². The maximum atomic E-state index is 11.7. The van der Waals surface area contributed by atoms with Crippen LogP contribution >= 0.6 is 0 Å². The summed E-state index contributed by atoms with van der Waals surface area (Å²) in [6, 6.07) is 2.70. The van der Waals surface area contributed by atoms with E-state index < -0.39 is 21.3 Å². The van der Waals surface area contributed by atoms with E-state index in [-0.39, 0.29) is 6.54 Å². The quantitative estimate of drug-likeness (QED) is 0.837. The molecule has 0 aliphatic heterocycles. The maximum Gasteiger partial charge on any atom is 0.328 e. The minimum Gasteiger partial charge on any atom is -0.333 e. The molecule has 0 bridgehead atoms. The van der Waals surface area contributed by atoms with Gasteiger partial charge in [0.05, 0.1) is 10.8 Å². The standard InChI is InChI=1S/C12H16N4O3S/c1-3-9(2)20(18,19)16-12(17)15-8-11-4-10(5-13)6-14-7-11/h4,6-7,9H,3,8H2,1-2H3,(H2,15,16,17). The van der Waals surface area contributed by atoms with Gasteiger partial charge in [0.25, 0.3) is 0 Å². The lowest BCUT2D eigenvalue weighted by molar-refractivity contribution is 0.245. The molecular formula is C12H16N4O3S. The largest absolute Gasteiger partial charge is 0.333 e. The molecule has 1 rings (SSSR count). The molecule has 1 heterocycles. The third-order valence-corrected chi connectivity index (χ3v) is 4.58. The van der Waals surface area contributed by atoms with E-state index in [1.807, 2.05) is 10.8 Å². The SMILES string of the molecule is CCC(C)S(=O)(=O)NC(=O)NCc1cncc(C#N)c1. The fourth-order valence-electron chi connectivity index (χ4n) is 1.31. The number of aromatic nitrogens is 1. The molecule has 20 heavy (non-hydrogen) atoms. The van der Waals surface area contributed by atoms with Gasteiger partial charge in [-0.3, -0.25) is 4.98 Å². The lowest BCUT2D eigenvalue weighted by atomic mass is 10.2. The molecular weight excluding hydrogens is 280 g/mol. The molecule has 2 amide bonds. The van der Waals surface area contributed by atoms with E-state index in [1.54, 1.807) is 13.0 Å². The highest BCUT2D eigenvalue weighted by Crippen LogP contribution is 2.03. The Labute approximate surface area is 118 Å². The first kappa shape index (κ1) is 15.9. The van der Waals surface area contributed by atoms with Gasteiger partial charge in [0.1, 0.15) is 6.07 Å². The van der Waals surface area contributed by atoms with E-state index in [0.29, 0.717) is 17.5 Å². The van der Waals surface area contributed by atoms with Crippen molar-refractivity contribution in [2.75, 3.05) is 0 Å². The van der Waals surface area contributed by atoms with Crippen LogP contribution in [-0.4, -0.2) is 24.7 Å². The molecule has 108 valence electrons. The highest BCUT2D eigenvalue weighted by Gasteiger charge is 2.21. The first-order valence-electron chi connectivity index (χ1n) is 6.02. The Bertz CT molecular complexity index is 622. The summed E-state index contributed by atoms with van der Waals surface area (Å²) in [5.41, 5.74) is 0.983. The van der Waals surface area contributed by atoms with Crippen molar-refractivity contribution in [3.8, 4) is 6.07 Å². The van der Waals surface area contributed by atoms with Crippen molar-refractivity contribution in [1.82, 2.24) is 15.0 Å². The Morgan fingerprint density at radius 1 is 1.50 bits per heavy atom. The smallest absolute Gasteiger partial charge is 0.328 e. The zero-order valence-corrected chi connectivity index (χ0v) is 12.1. The Kier molecular flexibility index (Phi) is 5.46. The van der Waals surface area contributed by atoms with Crippen molar-refractivity contribution in [2.24, 2.45) is 0 Å². The van der Waals surface area contributed by atoms with Crippen LogP contribution in [0.1, 0.15) is 31.4 Å². The maximum absolute atomic E-state index is 11.7. The predicted molar refractivity (Wildman–Crippen MR) is 73.0 cm³/mol. The number of nitrogens with one attached hydrogen (secondary N) is 2. The molecule has 0 aromatic carbocycles. The van der Waals surface area contributed by atoms with Gasteiger partial charge in [0, 0.05) is 18.9 Å². The number of urea groups is 1. The molecule has 1 aromatic heterocycles. The third-order valence-electron chi connectivity index (χ3n) is 2.72. The molecule has 7 nitrogen and oxygen atoms in total. The van der Waals surface area contributed by atoms with Crippen molar-refractivity contribution < 1.29 is 13.2 Å². The average Bonchev–Trinajstić information content (AvgIpc) is 2.44. The zero-order valence-electron chi connectivity index (χ0n) is 11.3. The van der Waals surface area contributed by atoms with Gasteiger partial charge >= 0.3 is 6.03 Å². The van der Waals surface area contributed by atoms with Gasteiger partial charge in [-0.15, -0.1) is 0 Å². The fraction of sp³-hybridized carbons (Fsp3) is 0.417. The van der Waals surface area contributed by atoms with E-state index in [2.05, 4.69) is 10.3 Å². The van der Waals surface area contributed by atoms with E-state index in [1.165, 1.54) is 19.3 Å². The molecule has 0 spiro atoms. The number of carbonyl (C=O) groups excluding carboxylic acids is 1. The van der Waals surface area contributed by atoms with Gasteiger partial charge in [0.15, 0.2) is 0 Å². The van der Waals surface area contributed by atoms with Crippen molar-refractivity contribution in [2.45, 2.75) is 32.1 Å². The number of rotatable bonds is 5. The fourth-order valence-corrected chi connectivity index (χ4v) is 2.28. The van der Waals surface area contributed by atoms with Gasteiger partial charge < -0.3 is 5.32 Å². The lowest BCUT2D eigenvalue weighted by Crippen LogP contribution is -2.42. The van der Waals surface area contributed by atoms with Crippen LogP contribution in [0.15, 0.2) is 18.5 Å². The monoisotopic (exact) mass is 296 g/mol. The molecule has 8 heteroatoms. The normalized spacial score (nSPS) is 12.2. The van der Waals surface area contributed by atoms with Gasteiger partial charge in [-0.2, -0.15) is 5.26 Å². The predicted octanol–water partition coefficient (Wildman–Crippen LogP) is 0.881. The number of carbonyl (C=O) groups is 1. The van der Waals surface area contributed by atoms with Crippen LogP contribution in [0, 0.1) is 11.3 Å². The minimum absolute atomic E-state index is 0.0877. The summed E-state index contributed by atoms with van der Waals surface area (Å²) >= 11 is 0. The first-order valence-corrected chi connectivity index (χ1v) is 7.57. The summed E-state index contributed by atoms with van der Waals surface area (Å²) in [6.45, 7) is 3.33. The van der Waals surface area contributed by atoms with Gasteiger partial charge in [-0.1, -0.05) is 6.92 Å². The zero-order chi connectivity index (χ0) is 15.2. The van der Waals surface area contributed by atoms with Crippen LogP contribution in [0.3, 0.4) is 0 Å². The molecule has 0 aliphatic carbocycles. The summed E-state index contributed by atoms with van der Waals surface area (Å²) in [4.78, 5) is 15.4. The van der Waals surface area contributed by atoms with Crippen LogP contribution in [0.25, 0.3) is 0 Å². The summed E-state index contributed by atoms with van der Waals surface area (Å²) in [5.74, 6) is 0. The number of nitriles is 1. The highest BCUT2D eigenvalue weighted by atomic mass is 32.2. The lowest BCUT2D eigenvalue weighted by Gasteiger charge is -2.12. The Morgan fingerprint density at radius 3 is 2.80 bits per heavy atom. The molecule has 1 atom stereocenters. The first-order chi connectivity index (χ1) is 9.39. The number of nitrogens with zero attached hydrogens (tertiary/aromatic N) is 2. The second-order valence-electron chi connectivity index (χ2n) is 4.24. The second-order valence-corrected chi connectivity index (χ2v) is 6.34. The summed E-state index contributed by atoms with van der Waals surface area (Å²) in [7, 11) is -3.66. The van der Waals surface area contributed by atoms with Crippen LogP contribution in [-0.2, 0) is 16.6 Å². The minimum atomic E-state index is -3.66. The van der Waals surface area contributed by atoms with Gasteiger partial charge in [-0.25, -0.2) is 17.9 Å². The van der Waals surface area contributed by atoms with Crippen molar-refractivity contribution in [1.29, 1.82) is 5.26 Å². The Morgan fingerprint density at radius 2 is 2.20 bits per heavy atom. The molecule has 1 unspecified atom stereocenters. The summed E-state index contributed by atoms with van der Waals surface area (Å²) < 4.78 is 25.3. The third kappa shape index (κ3) is 4.51. The summed E-state index contributed by atoms with van der Waals surface area (Å²) in [6.07, 6.45) is 3.30. The molecule has 0 saturated carbocycles. The molecule has 0 fully saturated rings. The molecule has 0 aliphatic rings. The van der Waals surface area contributed by atoms with Crippen molar-refractivity contribution in [3.05, 3.63) is 29.6 Å². The van der Waals surface area contributed by atoms with E-state index in [9.17, 15) is 13.2 Å². The van der Waals surface area contributed by atoms with Gasteiger partial charge in [0.2, 0.25) is 10.0 Å². The number of hydrogen-bond acceptors (Lipinski definition) is 5. The molecule has 1 aromatic rings. The average molecular weight is 296 g/mol. The van der Waals surface area contributed by atoms with Crippen LogP contribution in [0.2, 0.25) is 0 Å². The topological polar surface area (TPSA) is 112 Å². The Hall–Kier alpha value is -2.14. The number of hydrogen-bond donors (Lipinski definition) is 2. The van der Waals surface area contributed by atoms with Crippen LogP contribution < -0.4 is 10.0 Å². The summed E-state index contributed by atoms with van der Waals surface area (Å²) in [5, 5.41) is 10.5. The van der Waals surface area contributed by atoms with E-state index in [4.69, 9.17) is 5.26 Å². The van der Waals surface area contributed by atoms with E-state index in [0.717, 1.165) is 0 Å². The Balaban J connectivity index is 2.58. The van der Waals surface area contributed by atoms with Crippen molar-refractivity contribution in [3.63, 3.8) is 0 Å². The van der Waals surface area contributed by atoms with Gasteiger partial charge in [-0.05, 0) is 25.0 Å². The van der Waals surface area contributed by atoms with Crippen molar-refractivity contribution >= 4 is 16.1 Å². The molecule has 2 N–H and O–H groups in total. The highest BCUT2D eigenvalue weighted by molar-refractivity contribution is 7.90.